The molecule has 1 aromatic rings. The van der Waals surface area contributed by atoms with Crippen molar-refractivity contribution in [1.82, 2.24) is 4.90 Å². The topological polar surface area (TPSA) is 72.6 Å². The minimum atomic E-state index is -1.97. The first-order valence-corrected chi connectivity index (χ1v) is 9.84. The molecule has 154 valence electrons. The summed E-state index contributed by atoms with van der Waals surface area (Å²) in [5.74, 6) is -2.09. The second-order valence-electron chi connectivity index (χ2n) is 8.55. The van der Waals surface area contributed by atoms with E-state index in [9.17, 15) is 14.0 Å². The van der Waals surface area contributed by atoms with Gasteiger partial charge in [-0.05, 0) is 43.5 Å². The highest BCUT2D eigenvalue weighted by molar-refractivity contribution is 6.03. The molecule has 28 heavy (non-hydrogen) atoms. The second kappa shape index (κ2) is 7.78. The third kappa shape index (κ3) is 3.90. The lowest BCUT2D eigenvalue weighted by Crippen LogP contribution is -2.59. The fourth-order valence-electron chi connectivity index (χ4n) is 4.04. The number of likely N-dealkylation sites (tertiary alicyclic amines) is 1. The van der Waals surface area contributed by atoms with Gasteiger partial charge in [0, 0.05) is 24.9 Å². The molecule has 0 unspecified atom stereocenters. The van der Waals surface area contributed by atoms with Gasteiger partial charge < -0.3 is 10.5 Å². The van der Waals surface area contributed by atoms with Gasteiger partial charge in [-0.3, -0.25) is 14.5 Å². The largest absolute Gasteiger partial charge is 0.465 e. The van der Waals surface area contributed by atoms with Crippen molar-refractivity contribution in [1.29, 1.82) is 0 Å². The summed E-state index contributed by atoms with van der Waals surface area (Å²) in [5.41, 5.74) is 2.39. The standard InChI is InChI=1S/C21H28F2N2O3/c1-14(2)11-28-19(27)20(18(24)26)12-21(23,13-20)16-6-5-15(17(22)9-16)10-25-7-3-4-8-25/h5-6,9,14H,3-4,7-8,10-13H2,1-2H3,(H2,24,26). The Morgan fingerprint density at radius 3 is 2.43 bits per heavy atom. The summed E-state index contributed by atoms with van der Waals surface area (Å²) in [7, 11) is 0. The van der Waals surface area contributed by atoms with Crippen LogP contribution in [0.15, 0.2) is 18.2 Å². The molecular weight excluding hydrogens is 366 g/mol. The number of hydrogen-bond acceptors (Lipinski definition) is 4. The van der Waals surface area contributed by atoms with Crippen LogP contribution in [0, 0.1) is 17.2 Å². The van der Waals surface area contributed by atoms with Gasteiger partial charge in [0.1, 0.15) is 11.5 Å². The van der Waals surface area contributed by atoms with Crippen LogP contribution in [-0.2, 0) is 26.5 Å². The third-order valence-corrected chi connectivity index (χ3v) is 5.74. The molecule has 1 aliphatic heterocycles. The van der Waals surface area contributed by atoms with Crippen LogP contribution in [-0.4, -0.2) is 36.5 Å². The van der Waals surface area contributed by atoms with E-state index >= 15 is 4.39 Å². The first-order chi connectivity index (χ1) is 13.2. The normalized spacial score (nSPS) is 27.6. The lowest BCUT2D eigenvalue weighted by molar-refractivity contribution is -0.181. The van der Waals surface area contributed by atoms with Gasteiger partial charge in [0.15, 0.2) is 5.41 Å². The van der Waals surface area contributed by atoms with E-state index in [2.05, 4.69) is 4.90 Å². The molecule has 2 fully saturated rings. The molecule has 0 atom stereocenters. The molecule has 3 rings (SSSR count). The van der Waals surface area contributed by atoms with Crippen molar-refractivity contribution in [2.45, 2.75) is 51.7 Å². The smallest absolute Gasteiger partial charge is 0.321 e. The molecule has 1 saturated heterocycles. The molecule has 2 aliphatic rings. The van der Waals surface area contributed by atoms with Crippen LogP contribution in [0.3, 0.4) is 0 Å². The van der Waals surface area contributed by atoms with Crippen LogP contribution in [0.4, 0.5) is 8.78 Å². The highest BCUT2D eigenvalue weighted by atomic mass is 19.1. The quantitative estimate of drug-likeness (QED) is 0.570. The van der Waals surface area contributed by atoms with Crippen molar-refractivity contribution in [3.63, 3.8) is 0 Å². The zero-order valence-corrected chi connectivity index (χ0v) is 16.5. The van der Waals surface area contributed by atoms with Gasteiger partial charge in [-0.1, -0.05) is 26.0 Å². The number of hydrogen-bond donors (Lipinski definition) is 1. The zero-order valence-electron chi connectivity index (χ0n) is 16.5. The summed E-state index contributed by atoms with van der Waals surface area (Å²) >= 11 is 0. The summed E-state index contributed by atoms with van der Waals surface area (Å²) < 4.78 is 35.0. The summed E-state index contributed by atoms with van der Waals surface area (Å²) in [5, 5.41) is 0. The number of nitrogens with two attached hydrogens (primary N) is 1. The van der Waals surface area contributed by atoms with E-state index < -0.39 is 41.6 Å². The van der Waals surface area contributed by atoms with Gasteiger partial charge in [0.25, 0.3) is 0 Å². The molecule has 0 bridgehead atoms. The molecule has 0 aromatic heterocycles. The number of esters is 1. The molecule has 2 N–H and O–H groups in total. The maximum Gasteiger partial charge on any atom is 0.321 e. The van der Waals surface area contributed by atoms with Gasteiger partial charge in [-0.15, -0.1) is 0 Å². The fourth-order valence-corrected chi connectivity index (χ4v) is 4.04. The average molecular weight is 394 g/mol. The van der Waals surface area contributed by atoms with Crippen molar-refractivity contribution in [2.24, 2.45) is 17.1 Å². The summed E-state index contributed by atoms with van der Waals surface area (Å²) in [6, 6.07) is 4.31. The Hall–Kier alpha value is -2.02. The molecule has 0 radical (unpaired) electrons. The molecule has 1 heterocycles. The maximum absolute atomic E-state index is 15.4. The van der Waals surface area contributed by atoms with Crippen LogP contribution in [0.25, 0.3) is 0 Å². The van der Waals surface area contributed by atoms with Crippen LogP contribution in [0.5, 0.6) is 0 Å². The van der Waals surface area contributed by atoms with E-state index in [1.807, 2.05) is 13.8 Å². The van der Waals surface area contributed by atoms with Crippen LogP contribution in [0.1, 0.15) is 50.7 Å². The van der Waals surface area contributed by atoms with Crippen molar-refractivity contribution in [2.75, 3.05) is 19.7 Å². The SMILES string of the molecule is CC(C)COC(=O)C1(C(N)=O)CC(F)(c2ccc(CN3CCCC3)c(F)c2)C1. The van der Waals surface area contributed by atoms with Crippen molar-refractivity contribution >= 4 is 11.9 Å². The van der Waals surface area contributed by atoms with Gasteiger partial charge in [-0.2, -0.15) is 0 Å². The highest BCUT2D eigenvalue weighted by Gasteiger charge is 2.65. The Labute approximate surface area is 164 Å². The van der Waals surface area contributed by atoms with E-state index in [1.54, 1.807) is 12.1 Å². The van der Waals surface area contributed by atoms with E-state index in [0.717, 1.165) is 25.9 Å². The lowest BCUT2D eigenvalue weighted by Gasteiger charge is -2.47. The Bertz CT molecular complexity index is 754. The maximum atomic E-state index is 15.4. The monoisotopic (exact) mass is 394 g/mol. The summed E-state index contributed by atoms with van der Waals surface area (Å²) in [6.07, 6.45) is 1.37. The van der Waals surface area contributed by atoms with Crippen LogP contribution in [0.2, 0.25) is 0 Å². The number of nitrogens with zero attached hydrogens (tertiary/aromatic N) is 1. The molecule has 1 aliphatic carbocycles. The second-order valence-corrected chi connectivity index (χ2v) is 8.55. The van der Waals surface area contributed by atoms with Crippen molar-refractivity contribution < 1.29 is 23.1 Å². The van der Waals surface area contributed by atoms with Crippen molar-refractivity contribution in [3.8, 4) is 0 Å². The first kappa shape index (κ1) is 20.7. The fraction of sp³-hybridized carbons (Fsp3) is 0.619. The summed E-state index contributed by atoms with van der Waals surface area (Å²) in [6.45, 7) is 6.22. The molecular formula is C21H28F2N2O3. The molecule has 5 nitrogen and oxygen atoms in total. The number of benzene rings is 1. The predicted molar refractivity (Wildman–Crippen MR) is 100 cm³/mol. The van der Waals surface area contributed by atoms with Crippen LogP contribution >= 0.6 is 0 Å². The number of carbonyl (C=O) groups excluding carboxylic acids is 2. The Kier molecular flexibility index (Phi) is 5.75. The predicted octanol–water partition coefficient (Wildman–Crippen LogP) is 3.05. The minimum Gasteiger partial charge on any atom is -0.465 e. The number of amides is 1. The minimum absolute atomic E-state index is 0.0846. The number of ether oxygens (including phenoxy) is 1. The third-order valence-electron chi connectivity index (χ3n) is 5.74. The van der Waals surface area contributed by atoms with E-state index in [0.29, 0.717) is 12.1 Å². The summed E-state index contributed by atoms with van der Waals surface area (Å²) in [4.78, 5) is 26.4. The average Bonchev–Trinajstić information content (AvgIpc) is 3.11. The van der Waals surface area contributed by atoms with Gasteiger partial charge in [0.05, 0.1) is 6.61 Å². The van der Waals surface area contributed by atoms with E-state index in [-0.39, 0.29) is 18.1 Å². The van der Waals surface area contributed by atoms with Gasteiger partial charge in [-0.25, -0.2) is 8.78 Å². The number of rotatable bonds is 7. The molecule has 1 saturated carbocycles. The molecule has 0 spiro atoms. The highest BCUT2D eigenvalue weighted by Crippen LogP contribution is 2.57. The van der Waals surface area contributed by atoms with Gasteiger partial charge >= 0.3 is 5.97 Å². The molecule has 7 heteroatoms. The zero-order chi connectivity index (χ0) is 20.5. The van der Waals surface area contributed by atoms with Crippen LogP contribution < -0.4 is 5.73 Å². The van der Waals surface area contributed by atoms with Crippen molar-refractivity contribution in [3.05, 3.63) is 35.1 Å². The van der Waals surface area contributed by atoms with Gasteiger partial charge in [0.2, 0.25) is 5.91 Å². The molecule has 1 amide bonds. The lowest BCUT2D eigenvalue weighted by atomic mass is 9.57. The molecule has 1 aromatic carbocycles. The number of alkyl halides is 1. The Morgan fingerprint density at radius 2 is 1.89 bits per heavy atom. The van der Waals surface area contributed by atoms with E-state index in [4.69, 9.17) is 10.5 Å². The van der Waals surface area contributed by atoms with E-state index in [1.165, 1.54) is 6.07 Å². The number of halogens is 2. The number of carbonyl (C=O) groups is 2. The Morgan fingerprint density at radius 1 is 1.25 bits per heavy atom. The Balaban J connectivity index is 1.72. The first-order valence-electron chi connectivity index (χ1n) is 9.84. The number of primary amides is 1.